The first kappa shape index (κ1) is 8.26. The Balaban J connectivity index is 2.37. The predicted octanol–water partition coefficient (Wildman–Crippen LogP) is 1.94. The minimum Gasteiger partial charge on any atom is -0.320 e. The molecule has 0 bridgehead atoms. The van der Waals surface area contributed by atoms with E-state index in [0.717, 1.165) is 24.1 Å². The molecule has 2 aromatic rings. The molecule has 1 aliphatic rings. The molecule has 0 unspecified atom stereocenters. The van der Waals surface area contributed by atoms with E-state index in [4.69, 9.17) is 17.3 Å². The van der Waals surface area contributed by atoms with Gasteiger partial charge in [-0.3, -0.25) is 4.40 Å². The van der Waals surface area contributed by atoms with Gasteiger partial charge in [0, 0.05) is 5.69 Å². The van der Waals surface area contributed by atoms with Crippen LogP contribution in [-0.4, -0.2) is 9.38 Å². The number of aromatic nitrogens is 2. The number of halogens is 1. The van der Waals surface area contributed by atoms with Gasteiger partial charge in [-0.15, -0.1) is 0 Å². The predicted molar refractivity (Wildman–Crippen MR) is 55.3 cm³/mol. The third-order valence-electron chi connectivity index (χ3n) is 2.81. The van der Waals surface area contributed by atoms with E-state index in [1.165, 1.54) is 0 Å². The number of nitrogens with two attached hydrogens (primary N) is 1. The molecule has 1 fully saturated rings. The Morgan fingerprint density at radius 1 is 1.43 bits per heavy atom. The summed E-state index contributed by atoms with van der Waals surface area (Å²) in [6.07, 6.45) is 3.82. The third kappa shape index (κ3) is 0.996. The summed E-state index contributed by atoms with van der Waals surface area (Å²) in [5.74, 6) is 0. The first-order valence-corrected chi connectivity index (χ1v) is 5.00. The van der Waals surface area contributed by atoms with Crippen molar-refractivity contribution in [3.63, 3.8) is 0 Å². The van der Waals surface area contributed by atoms with Gasteiger partial charge in [-0.25, -0.2) is 4.98 Å². The standard InChI is InChI=1S/C10H10ClN3/c11-9-13-6-7-2-1-3-8(14(7)9)10(12)4-5-10/h1-3,6H,4-5,12H2. The van der Waals surface area contributed by atoms with Crippen LogP contribution in [0.25, 0.3) is 5.52 Å². The summed E-state index contributed by atoms with van der Waals surface area (Å²) in [4.78, 5) is 4.07. The summed E-state index contributed by atoms with van der Waals surface area (Å²) in [7, 11) is 0. The smallest absolute Gasteiger partial charge is 0.207 e. The summed E-state index contributed by atoms with van der Waals surface area (Å²) < 4.78 is 1.93. The number of imidazole rings is 1. The second-order valence-corrected chi connectivity index (χ2v) is 4.19. The van der Waals surface area contributed by atoms with Crippen molar-refractivity contribution in [2.45, 2.75) is 18.4 Å². The lowest BCUT2D eigenvalue weighted by atomic mass is 10.1. The summed E-state index contributed by atoms with van der Waals surface area (Å²) in [6.45, 7) is 0. The van der Waals surface area contributed by atoms with Crippen molar-refractivity contribution in [2.24, 2.45) is 5.73 Å². The minimum atomic E-state index is -0.177. The highest BCUT2D eigenvalue weighted by Crippen LogP contribution is 2.43. The van der Waals surface area contributed by atoms with Gasteiger partial charge in [-0.05, 0) is 36.6 Å². The van der Waals surface area contributed by atoms with Crippen LogP contribution in [-0.2, 0) is 5.54 Å². The molecule has 0 aliphatic heterocycles. The maximum absolute atomic E-state index is 6.15. The van der Waals surface area contributed by atoms with Crippen LogP contribution in [0.5, 0.6) is 0 Å². The quantitative estimate of drug-likeness (QED) is 0.777. The van der Waals surface area contributed by atoms with Gasteiger partial charge in [-0.1, -0.05) is 6.07 Å². The van der Waals surface area contributed by atoms with Gasteiger partial charge in [0.1, 0.15) is 0 Å². The van der Waals surface area contributed by atoms with E-state index in [1.54, 1.807) is 6.20 Å². The van der Waals surface area contributed by atoms with E-state index in [-0.39, 0.29) is 5.54 Å². The van der Waals surface area contributed by atoms with Crippen LogP contribution < -0.4 is 5.73 Å². The maximum atomic E-state index is 6.15. The second kappa shape index (κ2) is 2.49. The molecular formula is C10H10ClN3. The van der Waals surface area contributed by atoms with Crippen molar-refractivity contribution < 1.29 is 0 Å². The van der Waals surface area contributed by atoms with E-state index in [1.807, 2.05) is 22.6 Å². The van der Waals surface area contributed by atoms with Crippen LogP contribution in [0.3, 0.4) is 0 Å². The van der Waals surface area contributed by atoms with Crippen molar-refractivity contribution in [2.75, 3.05) is 0 Å². The zero-order chi connectivity index (χ0) is 9.76. The van der Waals surface area contributed by atoms with Crippen molar-refractivity contribution in [3.8, 4) is 0 Å². The van der Waals surface area contributed by atoms with Crippen molar-refractivity contribution in [3.05, 3.63) is 35.4 Å². The molecule has 2 N–H and O–H groups in total. The SMILES string of the molecule is NC1(c2cccc3cnc(Cl)n23)CC1. The van der Waals surface area contributed by atoms with E-state index in [0.29, 0.717) is 5.28 Å². The molecule has 2 heterocycles. The number of hydrogen-bond acceptors (Lipinski definition) is 2. The van der Waals surface area contributed by atoms with Crippen molar-refractivity contribution >= 4 is 17.1 Å². The summed E-state index contributed by atoms with van der Waals surface area (Å²) in [5, 5.41) is 0.493. The highest BCUT2D eigenvalue weighted by molar-refractivity contribution is 6.28. The first-order valence-electron chi connectivity index (χ1n) is 4.62. The fourth-order valence-corrected chi connectivity index (χ4v) is 2.03. The highest BCUT2D eigenvalue weighted by Gasteiger charge is 2.42. The van der Waals surface area contributed by atoms with Gasteiger partial charge in [0.2, 0.25) is 5.28 Å². The first-order chi connectivity index (χ1) is 6.71. The Morgan fingerprint density at radius 3 is 2.93 bits per heavy atom. The average molecular weight is 208 g/mol. The van der Waals surface area contributed by atoms with Crippen LogP contribution in [0, 0.1) is 0 Å². The van der Waals surface area contributed by atoms with Crippen LogP contribution >= 0.6 is 11.6 Å². The summed E-state index contributed by atoms with van der Waals surface area (Å²) >= 11 is 6.01. The second-order valence-electron chi connectivity index (χ2n) is 3.85. The molecule has 0 amide bonds. The molecule has 4 heteroatoms. The number of hydrogen-bond donors (Lipinski definition) is 1. The highest BCUT2D eigenvalue weighted by atomic mass is 35.5. The number of nitrogens with zero attached hydrogens (tertiary/aromatic N) is 2. The largest absolute Gasteiger partial charge is 0.320 e. The molecule has 2 aromatic heterocycles. The van der Waals surface area contributed by atoms with E-state index in [9.17, 15) is 0 Å². The molecule has 3 nitrogen and oxygen atoms in total. The van der Waals surface area contributed by atoms with E-state index in [2.05, 4.69) is 4.98 Å². The molecule has 0 radical (unpaired) electrons. The van der Waals surface area contributed by atoms with E-state index < -0.39 is 0 Å². The van der Waals surface area contributed by atoms with Gasteiger partial charge in [-0.2, -0.15) is 0 Å². The number of pyridine rings is 1. The van der Waals surface area contributed by atoms with Crippen LogP contribution in [0.1, 0.15) is 18.5 Å². The molecule has 3 rings (SSSR count). The van der Waals surface area contributed by atoms with Gasteiger partial charge < -0.3 is 5.73 Å². The molecule has 1 aliphatic carbocycles. The van der Waals surface area contributed by atoms with Gasteiger partial charge >= 0.3 is 0 Å². The van der Waals surface area contributed by atoms with Crippen LogP contribution in [0.4, 0.5) is 0 Å². The Kier molecular flexibility index (Phi) is 1.47. The zero-order valence-electron chi connectivity index (χ0n) is 7.57. The Morgan fingerprint density at radius 2 is 2.21 bits per heavy atom. The normalized spacial score (nSPS) is 18.7. The molecule has 14 heavy (non-hydrogen) atoms. The Hall–Kier alpha value is -1.06. The molecule has 0 atom stereocenters. The summed E-state index contributed by atoms with van der Waals surface area (Å²) in [6, 6.07) is 6.00. The minimum absolute atomic E-state index is 0.177. The van der Waals surface area contributed by atoms with Crippen LogP contribution in [0.2, 0.25) is 5.28 Å². The van der Waals surface area contributed by atoms with E-state index >= 15 is 0 Å². The summed E-state index contributed by atoms with van der Waals surface area (Å²) in [5.41, 5.74) is 8.05. The lowest BCUT2D eigenvalue weighted by Crippen LogP contribution is -2.22. The molecule has 0 spiro atoms. The number of rotatable bonds is 1. The monoisotopic (exact) mass is 207 g/mol. The zero-order valence-corrected chi connectivity index (χ0v) is 8.33. The molecule has 72 valence electrons. The topological polar surface area (TPSA) is 43.3 Å². The van der Waals surface area contributed by atoms with Gasteiger partial charge in [0.15, 0.2) is 0 Å². The molecule has 0 saturated heterocycles. The lowest BCUT2D eigenvalue weighted by molar-refractivity contribution is 0.693. The number of fused-ring (bicyclic) bond motifs is 1. The Bertz CT molecular complexity index is 499. The third-order valence-corrected chi connectivity index (χ3v) is 3.07. The molecule has 1 saturated carbocycles. The Labute approximate surface area is 86.5 Å². The fraction of sp³-hybridized carbons (Fsp3) is 0.300. The maximum Gasteiger partial charge on any atom is 0.207 e. The van der Waals surface area contributed by atoms with Crippen LogP contribution in [0.15, 0.2) is 24.4 Å². The lowest BCUT2D eigenvalue weighted by Gasteiger charge is -2.12. The molecular weight excluding hydrogens is 198 g/mol. The van der Waals surface area contributed by atoms with Crippen molar-refractivity contribution in [1.82, 2.24) is 9.38 Å². The molecule has 0 aromatic carbocycles. The van der Waals surface area contributed by atoms with Gasteiger partial charge in [0.25, 0.3) is 0 Å². The van der Waals surface area contributed by atoms with Crippen molar-refractivity contribution in [1.29, 1.82) is 0 Å². The fourth-order valence-electron chi connectivity index (χ4n) is 1.79. The average Bonchev–Trinajstić information content (AvgIpc) is 2.83. The van der Waals surface area contributed by atoms with Gasteiger partial charge in [0.05, 0.1) is 17.3 Å².